The summed E-state index contributed by atoms with van der Waals surface area (Å²) < 4.78 is 0. The molecule has 2 aromatic carbocycles. The standard InChI is InChI=1S/C16H16N2O3/c1-10-8-12(6-7-15(10)20)16(21)18-14-5-3-4-13(9-14)17-11(2)19/h3-9,20H,1-2H3,(H,17,19)(H,18,21). The van der Waals surface area contributed by atoms with Crippen LogP contribution < -0.4 is 10.6 Å². The first-order chi connectivity index (χ1) is 9.95. The van der Waals surface area contributed by atoms with Gasteiger partial charge >= 0.3 is 0 Å². The molecule has 5 heteroatoms. The highest BCUT2D eigenvalue weighted by Gasteiger charge is 2.08. The van der Waals surface area contributed by atoms with Crippen molar-refractivity contribution in [2.24, 2.45) is 0 Å². The van der Waals surface area contributed by atoms with E-state index in [0.29, 0.717) is 22.5 Å². The van der Waals surface area contributed by atoms with Crippen molar-refractivity contribution in [3.8, 4) is 5.75 Å². The fourth-order valence-corrected chi connectivity index (χ4v) is 1.88. The zero-order valence-electron chi connectivity index (χ0n) is 11.8. The lowest BCUT2D eigenvalue weighted by molar-refractivity contribution is -0.114. The lowest BCUT2D eigenvalue weighted by Gasteiger charge is -2.08. The minimum atomic E-state index is -0.280. The van der Waals surface area contributed by atoms with E-state index in [1.165, 1.54) is 13.0 Å². The second kappa shape index (κ2) is 6.09. The normalized spacial score (nSPS) is 10.0. The van der Waals surface area contributed by atoms with E-state index in [1.54, 1.807) is 43.3 Å². The Hall–Kier alpha value is -2.82. The Morgan fingerprint density at radius 2 is 1.67 bits per heavy atom. The highest BCUT2D eigenvalue weighted by molar-refractivity contribution is 6.04. The van der Waals surface area contributed by atoms with E-state index in [1.807, 2.05) is 0 Å². The third-order valence-electron chi connectivity index (χ3n) is 2.90. The van der Waals surface area contributed by atoms with Gasteiger partial charge in [-0.25, -0.2) is 0 Å². The van der Waals surface area contributed by atoms with Crippen LogP contribution in [0.2, 0.25) is 0 Å². The zero-order chi connectivity index (χ0) is 15.4. The fraction of sp³-hybridized carbons (Fsp3) is 0.125. The Morgan fingerprint density at radius 1 is 1.00 bits per heavy atom. The van der Waals surface area contributed by atoms with Crippen molar-refractivity contribution in [2.75, 3.05) is 10.6 Å². The molecule has 0 heterocycles. The number of amides is 2. The predicted molar refractivity (Wildman–Crippen MR) is 81.5 cm³/mol. The molecule has 108 valence electrons. The average molecular weight is 284 g/mol. The molecule has 0 aromatic heterocycles. The van der Waals surface area contributed by atoms with Crippen LogP contribution in [-0.2, 0) is 4.79 Å². The largest absolute Gasteiger partial charge is 0.508 e. The third-order valence-corrected chi connectivity index (χ3v) is 2.90. The van der Waals surface area contributed by atoms with E-state index < -0.39 is 0 Å². The maximum atomic E-state index is 12.1. The highest BCUT2D eigenvalue weighted by Crippen LogP contribution is 2.19. The molecule has 0 saturated carbocycles. The Morgan fingerprint density at radius 3 is 2.29 bits per heavy atom. The number of carbonyl (C=O) groups excluding carboxylic acids is 2. The highest BCUT2D eigenvalue weighted by atomic mass is 16.3. The Labute approximate surface area is 122 Å². The first kappa shape index (κ1) is 14.6. The number of rotatable bonds is 3. The molecule has 0 spiro atoms. The van der Waals surface area contributed by atoms with E-state index in [-0.39, 0.29) is 17.6 Å². The van der Waals surface area contributed by atoms with Crippen molar-refractivity contribution in [2.45, 2.75) is 13.8 Å². The Balaban J connectivity index is 2.15. The van der Waals surface area contributed by atoms with Crippen LogP contribution in [0.15, 0.2) is 42.5 Å². The van der Waals surface area contributed by atoms with Crippen LogP contribution >= 0.6 is 0 Å². The summed E-state index contributed by atoms with van der Waals surface area (Å²) in [5.41, 5.74) is 2.28. The Bertz CT molecular complexity index is 696. The number of benzene rings is 2. The summed E-state index contributed by atoms with van der Waals surface area (Å²) in [6, 6.07) is 11.5. The number of carbonyl (C=O) groups is 2. The van der Waals surface area contributed by atoms with Crippen LogP contribution in [0, 0.1) is 6.92 Å². The van der Waals surface area contributed by atoms with E-state index in [2.05, 4.69) is 10.6 Å². The number of aryl methyl sites for hydroxylation is 1. The summed E-state index contributed by atoms with van der Waals surface area (Å²) in [7, 11) is 0. The molecule has 0 aliphatic rings. The molecule has 2 aromatic rings. The van der Waals surface area contributed by atoms with Crippen LogP contribution in [0.4, 0.5) is 11.4 Å². The molecule has 0 aliphatic carbocycles. The van der Waals surface area contributed by atoms with E-state index >= 15 is 0 Å². The number of anilines is 2. The first-order valence-electron chi connectivity index (χ1n) is 6.44. The van der Waals surface area contributed by atoms with E-state index in [9.17, 15) is 14.7 Å². The number of hydrogen-bond acceptors (Lipinski definition) is 3. The van der Waals surface area contributed by atoms with E-state index in [0.717, 1.165) is 0 Å². The van der Waals surface area contributed by atoms with Gasteiger partial charge in [0.25, 0.3) is 5.91 Å². The van der Waals surface area contributed by atoms with Gasteiger partial charge in [-0.05, 0) is 48.9 Å². The maximum absolute atomic E-state index is 12.1. The van der Waals surface area contributed by atoms with Crippen LogP contribution in [0.5, 0.6) is 5.75 Å². The second-order valence-electron chi connectivity index (χ2n) is 4.72. The van der Waals surface area contributed by atoms with Crippen molar-refractivity contribution in [1.82, 2.24) is 0 Å². The van der Waals surface area contributed by atoms with Gasteiger partial charge in [0.15, 0.2) is 0 Å². The zero-order valence-corrected chi connectivity index (χ0v) is 11.8. The SMILES string of the molecule is CC(=O)Nc1cccc(NC(=O)c2ccc(O)c(C)c2)c1. The molecule has 2 amide bonds. The van der Waals surface area contributed by atoms with Gasteiger partial charge in [0.1, 0.15) is 5.75 Å². The van der Waals surface area contributed by atoms with Gasteiger partial charge in [0.2, 0.25) is 5.91 Å². The van der Waals surface area contributed by atoms with Gasteiger partial charge in [0, 0.05) is 23.9 Å². The van der Waals surface area contributed by atoms with Crippen LogP contribution in [0.3, 0.4) is 0 Å². The van der Waals surface area contributed by atoms with Crippen molar-refractivity contribution in [1.29, 1.82) is 0 Å². The molecule has 3 N–H and O–H groups in total. The van der Waals surface area contributed by atoms with Gasteiger partial charge in [-0.2, -0.15) is 0 Å². The number of phenols is 1. The smallest absolute Gasteiger partial charge is 0.255 e. The molecular weight excluding hydrogens is 268 g/mol. The van der Waals surface area contributed by atoms with Gasteiger partial charge in [-0.1, -0.05) is 6.07 Å². The molecular formula is C16H16N2O3. The van der Waals surface area contributed by atoms with Gasteiger partial charge in [0.05, 0.1) is 0 Å². The predicted octanol–water partition coefficient (Wildman–Crippen LogP) is 2.91. The van der Waals surface area contributed by atoms with E-state index in [4.69, 9.17) is 0 Å². The van der Waals surface area contributed by atoms with Gasteiger partial charge in [-0.3, -0.25) is 9.59 Å². The first-order valence-corrected chi connectivity index (χ1v) is 6.44. The van der Waals surface area contributed by atoms with Crippen molar-refractivity contribution >= 4 is 23.2 Å². The number of nitrogens with one attached hydrogen (secondary N) is 2. The molecule has 0 aliphatic heterocycles. The fourth-order valence-electron chi connectivity index (χ4n) is 1.88. The minimum Gasteiger partial charge on any atom is -0.508 e. The molecule has 0 bridgehead atoms. The van der Waals surface area contributed by atoms with Crippen LogP contribution in [-0.4, -0.2) is 16.9 Å². The number of hydrogen-bond donors (Lipinski definition) is 3. The summed E-state index contributed by atoms with van der Waals surface area (Å²) in [6.07, 6.45) is 0. The minimum absolute atomic E-state index is 0.152. The molecule has 5 nitrogen and oxygen atoms in total. The molecule has 0 radical (unpaired) electrons. The average Bonchev–Trinajstić information content (AvgIpc) is 2.41. The third kappa shape index (κ3) is 3.82. The maximum Gasteiger partial charge on any atom is 0.255 e. The summed E-state index contributed by atoms with van der Waals surface area (Å²) in [6.45, 7) is 3.15. The quantitative estimate of drug-likeness (QED) is 0.811. The van der Waals surface area contributed by atoms with Gasteiger partial charge in [-0.15, -0.1) is 0 Å². The molecule has 0 unspecified atom stereocenters. The monoisotopic (exact) mass is 284 g/mol. The van der Waals surface area contributed by atoms with Crippen LogP contribution in [0.25, 0.3) is 0 Å². The molecule has 0 atom stereocenters. The molecule has 0 saturated heterocycles. The summed E-state index contributed by atoms with van der Waals surface area (Å²) >= 11 is 0. The summed E-state index contributed by atoms with van der Waals surface area (Å²) in [5.74, 6) is -0.301. The van der Waals surface area contributed by atoms with Crippen molar-refractivity contribution in [3.63, 3.8) is 0 Å². The number of aromatic hydroxyl groups is 1. The summed E-state index contributed by atoms with van der Waals surface area (Å²) in [5, 5.41) is 14.9. The second-order valence-corrected chi connectivity index (χ2v) is 4.72. The Kier molecular flexibility index (Phi) is 4.23. The number of phenolic OH excluding ortho intramolecular Hbond substituents is 1. The van der Waals surface area contributed by atoms with Crippen LogP contribution in [0.1, 0.15) is 22.8 Å². The van der Waals surface area contributed by atoms with Crippen molar-refractivity contribution in [3.05, 3.63) is 53.6 Å². The topological polar surface area (TPSA) is 78.4 Å². The molecule has 21 heavy (non-hydrogen) atoms. The van der Waals surface area contributed by atoms with Crippen molar-refractivity contribution < 1.29 is 14.7 Å². The molecule has 2 rings (SSSR count). The lowest BCUT2D eigenvalue weighted by Crippen LogP contribution is -2.12. The van der Waals surface area contributed by atoms with Gasteiger partial charge < -0.3 is 15.7 Å². The molecule has 0 fully saturated rings. The summed E-state index contributed by atoms with van der Waals surface area (Å²) in [4.78, 5) is 23.1. The lowest BCUT2D eigenvalue weighted by atomic mass is 10.1.